The Hall–Kier alpha value is -2.53. The van der Waals surface area contributed by atoms with Crippen molar-refractivity contribution in [2.45, 2.75) is 39.2 Å². The molecule has 1 aromatic heterocycles. The van der Waals surface area contributed by atoms with Crippen molar-refractivity contribution < 1.29 is 0 Å². The van der Waals surface area contributed by atoms with Gasteiger partial charge in [0.2, 0.25) is 0 Å². The molecule has 0 aliphatic carbocycles. The Kier molecular flexibility index (Phi) is 5.24. The van der Waals surface area contributed by atoms with Crippen LogP contribution in [0.15, 0.2) is 54.6 Å². The maximum absolute atomic E-state index is 4.34. The van der Waals surface area contributed by atoms with E-state index in [1.807, 2.05) is 22.9 Å². The van der Waals surface area contributed by atoms with E-state index in [4.69, 9.17) is 0 Å². The van der Waals surface area contributed by atoms with Crippen molar-refractivity contribution in [2.24, 2.45) is 0 Å². The molecule has 0 unspecified atom stereocenters. The summed E-state index contributed by atoms with van der Waals surface area (Å²) < 4.78 is 1.86. The lowest BCUT2D eigenvalue weighted by Gasteiger charge is -2.28. The van der Waals surface area contributed by atoms with E-state index in [0.29, 0.717) is 0 Å². The molecular formula is C20H25N5. The Morgan fingerprint density at radius 3 is 2.48 bits per heavy atom. The molecule has 25 heavy (non-hydrogen) atoms. The van der Waals surface area contributed by atoms with Crippen LogP contribution in [-0.2, 0) is 12.0 Å². The Bertz CT molecular complexity index is 812. The molecule has 0 spiro atoms. The zero-order valence-corrected chi connectivity index (χ0v) is 15.1. The molecule has 0 aliphatic rings. The van der Waals surface area contributed by atoms with Crippen LogP contribution in [0.25, 0.3) is 5.69 Å². The summed E-state index contributed by atoms with van der Waals surface area (Å²) in [4.78, 5) is 0. The van der Waals surface area contributed by atoms with E-state index >= 15 is 0 Å². The van der Waals surface area contributed by atoms with Crippen molar-refractivity contribution in [1.82, 2.24) is 25.5 Å². The van der Waals surface area contributed by atoms with Crippen LogP contribution >= 0.6 is 0 Å². The lowest BCUT2D eigenvalue weighted by Crippen LogP contribution is -2.42. The van der Waals surface area contributed by atoms with Crippen molar-refractivity contribution in [3.63, 3.8) is 0 Å². The first-order chi connectivity index (χ1) is 12.1. The highest BCUT2D eigenvalue weighted by Gasteiger charge is 2.31. The number of nitrogens with zero attached hydrogens (tertiary/aromatic N) is 4. The molecule has 0 bridgehead atoms. The smallest absolute Gasteiger partial charge is 0.176 e. The highest BCUT2D eigenvalue weighted by Crippen LogP contribution is 2.25. The highest BCUT2D eigenvalue weighted by atomic mass is 15.6. The first-order valence-corrected chi connectivity index (χ1v) is 8.78. The summed E-state index contributed by atoms with van der Waals surface area (Å²) >= 11 is 0. The number of rotatable bonds is 7. The van der Waals surface area contributed by atoms with Crippen LogP contribution in [-0.4, -0.2) is 26.8 Å². The Morgan fingerprint density at radius 1 is 1.04 bits per heavy atom. The van der Waals surface area contributed by atoms with Crippen molar-refractivity contribution in [1.29, 1.82) is 0 Å². The molecule has 0 amide bonds. The van der Waals surface area contributed by atoms with Crippen LogP contribution in [0.3, 0.4) is 0 Å². The predicted molar refractivity (Wildman–Crippen MR) is 99.7 cm³/mol. The SMILES string of the molecule is CC[C@@](C)(NCCc1ccccc1)c1nnnn1-c1ccccc1C. The van der Waals surface area contributed by atoms with Gasteiger partial charge in [0.1, 0.15) is 0 Å². The summed E-state index contributed by atoms with van der Waals surface area (Å²) in [6.07, 6.45) is 1.87. The van der Waals surface area contributed by atoms with Gasteiger partial charge in [-0.15, -0.1) is 5.10 Å². The predicted octanol–water partition coefficient (Wildman–Crippen LogP) is 3.43. The summed E-state index contributed by atoms with van der Waals surface area (Å²) in [7, 11) is 0. The highest BCUT2D eigenvalue weighted by molar-refractivity contribution is 5.40. The van der Waals surface area contributed by atoms with Gasteiger partial charge in [-0.05, 0) is 54.3 Å². The van der Waals surface area contributed by atoms with Crippen LogP contribution in [0.4, 0.5) is 0 Å². The maximum atomic E-state index is 4.34. The summed E-state index contributed by atoms with van der Waals surface area (Å²) in [6.45, 7) is 7.27. The zero-order valence-electron chi connectivity index (χ0n) is 15.1. The minimum Gasteiger partial charge on any atom is -0.305 e. The van der Waals surface area contributed by atoms with Gasteiger partial charge in [-0.1, -0.05) is 55.5 Å². The van der Waals surface area contributed by atoms with Gasteiger partial charge < -0.3 is 5.32 Å². The van der Waals surface area contributed by atoms with Crippen LogP contribution in [0, 0.1) is 6.92 Å². The molecule has 1 N–H and O–H groups in total. The lowest BCUT2D eigenvalue weighted by atomic mass is 9.97. The molecule has 0 saturated heterocycles. The van der Waals surface area contributed by atoms with E-state index < -0.39 is 0 Å². The van der Waals surface area contributed by atoms with Gasteiger partial charge in [-0.2, -0.15) is 4.68 Å². The normalized spacial score (nSPS) is 13.6. The largest absolute Gasteiger partial charge is 0.305 e. The second-order valence-electron chi connectivity index (χ2n) is 6.55. The molecule has 2 aromatic carbocycles. The standard InChI is InChI=1S/C20H25N5/c1-4-20(3,21-15-14-17-11-6-5-7-12-17)19-22-23-24-25(19)18-13-9-8-10-16(18)2/h5-13,21H,4,14-15H2,1-3H3/t20-/m1/s1. The number of aryl methyl sites for hydroxylation is 1. The minimum absolute atomic E-state index is 0.291. The van der Waals surface area contributed by atoms with Crippen LogP contribution in [0.1, 0.15) is 37.2 Å². The number of para-hydroxylation sites is 1. The van der Waals surface area contributed by atoms with Crippen molar-refractivity contribution in [2.75, 3.05) is 6.54 Å². The molecule has 0 saturated carbocycles. The van der Waals surface area contributed by atoms with E-state index in [9.17, 15) is 0 Å². The van der Waals surface area contributed by atoms with Crippen molar-refractivity contribution in [3.8, 4) is 5.69 Å². The fraction of sp³-hybridized carbons (Fsp3) is 0.350. The second-order valence-corrected chi connectivity index (χ2v) is 6.55. The summed E-state index contributed by atoms with van der Waals surface area (Å²) in [5, 5.41) is 16.2. The van der Waals surface area contributed by atoms with Crippen molar-refractivity contribution in [3.05, 3.63) is 71.5 Å². The maximum Gasteiger partial charge on any atom is 0.176 e. The van der Waals surface area contributed by atoms with E-state index in [-0.39, 0.29) is 5.54 Å². The van der Waals surface area contributed by atoms with E-state index in [1.165, 1.54) is 5.56 Å². The van der Waals surface area contributed by atoms with Crippen LogP contribution < -0.4 is 5.32 Å². The van der Waals surface area contributed by atoms with Gasteiger partial charge in [-0.3, -0.25) is 0 Å². The molecule has 0 fully saturated rings. The van der Waals surface area contributed by atoms with E-state index in [1.54, 1.807) is 0 Å². The quantitative estimate of drug-likeness (QED) is 0.719. The Morgan fingerprint density at radius 2 is 1.76 bits per heavy atom. The minimum atomic E-state index is -0.291. The molecule has 5 heteroatoms. The topological polar surface area (TPSA) is 55.6 Å². The lowest BCUT2D eigenvalue weighted by molar-refractivity contribution is 0.328. The molecule has 3 aromatic rings. The van der Waals surface area contributed by atoms with Crippen LogP contribution in [0.5, 0.6) is 0 Å². The van der Waals surface area contributed by atoms with Gasteiger partial charge in [0.05, 0.1) is 11.2 Å². The van der Waals surface area contributed by atoms with Crippen molar-refractivity contribution >= 4 is 0 Å². The summed E-state index contributed by atoms with van der Waals surface area (Å²) in [5.41, 5.74) is 3.21. The Labute approximate surface area is 149 Å². The second kappa shape index (κ2) is 7.57. The molecular weight excluding hydrogens is 310 g/mol. The first-order valence-electron chi connectivity index (χ1n) is 8.78. The fourth-order valence-corrected chi connectivity index (χ4v) is 2.98. The number of aromatic nitrogens is 4. The third kappa shape index (κ3) is 3.77. The number of nitrogens with one attached hydrogen (secondary N) is 1. The summed E-state index contributed by atoms with van der Waals surface area (Å²) in [5.74, 6) is 0.845. The van der Waals surface area contributed by atoms with Gasteiger partial charge in [0.15, 0.2) is 5.82 Å². The summed E-state index contributed by atoms with van der Waals surface area (Å²) in [6, 6.07) is 18.7. The number of hydrogen-bond donors (Lipinski definition) is 1. The molecule has 1 heterocycles. The molecule has 0 aliphatic heterocycles. The third-order valence-corrected chi connectivity index (χ3v) is 4.79. The molecule has 5 nitrogen and oxygen atoms in total. The molecule has 3 rings (SSSR count). The number of benzene rings is 2. The zero-order chi connectivity index (χ0) is 17.7. The monoisotopic (exact) mass is 335 g/mol. The fourth-order valence-electron chi connectivity index (χ4n) is 2.98. The van der Waals surface area contributed by atoms with Gasteiger partial charge in [0, 0.05) is 6.54 Å². The molecule has 130 valence electrons. The average Bonchev–Trinajstić information content (AvgIpc) is 3.13. The van der Waals surface area contributed by atoms with Gasteiger partial charge in [0.25, 0.3) is 0 Å². The number of hydrogen-bond acceptors (Lipinski definition) is 4. The Balaban J connectivity index is 1.81. The van der Waals surface area contributed by atoms with Crippen LogP contribution in [0.2, 0.25) is 0 Å². The van der Waals surface area contributed by atoms with E-state index in [0.717, 1.165) is 36.5 Å². The van der Waals surface area contributed by atoms with Gasteiger partial charge >= 0.3 is 0 Å². The third-order valence-electron chi connectivity index (χ3n) is 4.79. The number of tetrazole rings is 1. The molecule has 0 radical (unpaired) electrons. The van der Waals surface area contributed by atoms with E-state index in [2.05, 4.69) is 78.0 Å². The molecule has 1 atom stereocenters. The first kappa shape index (κ1) is 17.3. The van der Waals surface area contributed by atoms with Gasteiger partial charge in [-0.25, -0.2) is 0 Å². The average molecular weight is 335 g/mol.